The molecule has 0 saturated heterocycles. The fourth-order valence-corrected chi connectivity index (χ4v) is 1.78. The summed E-state index contributed by atoms with van der Waals surface area (Å²) in [6, 6.07) is 5.91. The SMILES string of the molecule is CNC(=O)CCCNCc1ccc2c(c1)OCO2. The van der Waals surface area contributed by atoms with E-state index in [1.165, 1.54) is 0 Å². The van der Waals surface area contributed by atoms with Crippen molar-refractivity contribution in [3.05, 3.63) is 23.8 Å². The highest BCUT2D eigenvalue weighted by atomic mass is 16.7. The van der Waals surface area contributed by atoms with Crippen LogP contribution in [-0.2, 0) is 11.3 Å². The van der Waals surface area contributed by atoms with Crippen molar-refractivity contribution in [3.8, 4) is 11.5 Å². The molecule has 0 atom stereocenters. The van der Waals surface area contributed by atoms with Gasteiger partial charge in [0.2, 0.25) is 12.7 Å². The van der Waals surface area contributed by atoms with E-state index in [2.05, 4.69) is 10.6 Å². The van der Waals surface area contributed by atoms with E-state index in [1.807, 2.05) is 18.2 Å². The number of fused-ring (bicyclic) bond motifs is 1. The molecule has 0 aromatic heterocycles. The molecular weight excluding hydrogens is 232 g/mol. The lowest BCUT2D eigenvalue weighted by Crippen LogP contribution is -2.20. The molecule has 1 heterocycles. The molecular formula is C13H18N2O3. The predicted octanol–water partition coefficient (Wildman–Crippen LogP) is 1.03. The Morgan fingerprint density at radius 1 is 1.33 bits per heavy atom. The number of rotatable bonds is 6. The van der Waals surface area contributed by atoms with E-state index < -0.39 is 0 Å². The molecule has 0 aliphatic carbocycles. The molecule has 1 aromatic carbocycles. The molecule has 1 aliphatic heterocycles. The summed E-state index contributed by atoms with van der Waals surface area (Å²) in [6.07, 6.45) is 1.40. The van der Waals surface area contributed by atoms with Gasteiger partial charge in [0.05, 0.1) is 0 Å². The van der Waals surface area contributed by atoms with Crippen molar-refractivity contribution in [2.45, 2.75) is 19.4 Å². The highest BCUT2D eigenvalue weighted by Gasteiger charge is 2.12. The van der Waals surface area contributed by atoms with Gasteiger partial charge in [-0.15, -0.1) is 0 Å². The average molecular weight is 250 g/mol. The maximum Gasteiger partial charge on any atom is 0.231 e. The molecule has 0 bridgehead atoms. The second-order valence-corrected chi connectivity index (χ2v) is 4.14. The van der Waals surface area contributed by atoms with Crippen molar-refractivity contribution in [1.82, 2.24) is 10.6 Å². The third-order valence-electron chi connectivity index (χ3n) is 2.80. The fraction of sp³-hybridized carbons (Fsp3) is 0.462. The minimum atomic E-state index is 0.0832. The highest BCUT2D eigenvalue weighted by Crippen LogP contribution is 2.32. The van der Waals surface area contributed by atoms with Crippen LogP contribution in [0.4, 0.5) is 0 Å². The van der Waals surface area contributed by atoms with Gasteiger partial charge in [0.15, 0.2) is 11.5 Å². The third kappa shape index (κ3) is 3.37. The van der Waals surface area contributed by atoms with Gasteiger partial charge in [-0.1, -0.05) is 6.07 Å². The summed E-state index contributed by atoms with van der Waals surface area (Å²) in [6.45, 7) is 1.89. The number of carbonyl (C=O) groups excluding carboxylic acids is 1. The summed E-state index contributed by atoms with van der Waals surface area (Å²) < 4.78 is 10.6. The minimum Gasteiger partial charge on any atom is -0.454 e. The molecule has 5 nitrogen and oxygen atoms in total. The van der Waals surface area contributed by atoms with Crippen LogP contribution in [0.15, 0.2) is 18.2 Å². The van der Waals surface area contributed by atoms with E-state index in [0.717, 1.165) is 36.6 Å². The first kappa shape index (κ1) is 12.7. The lowest BCUT2D eigenvalue weighted by atomic mass is 10.2. The molecule has 98 valence electrons. The van der Waals surface area contributed by atoms with Crippen LogP contribution in [0.5, 0.6) is 11.5 Å². The van der Waals surface area contributed by atoms with E-state index >= 15 is 0 Å². The van der Waals surface area contributed by atoms with Gasteiger partial charge in [-0.2, -0.15) is 0 Å². The summed E-state index contributed by atoms with van der Waals surface area (Å²) >= 11 is 0. The maximum atomic E-state index is 11.0. The van der Waals surface area contributed by atoms with E-state index in [9.17, 15) is 4.79 Å². The van der Waals surface area contributed by atoms with Crippen LogP contribution in [0.1, 0.15) is 18.4 Å². The van der Waals surface area contributed by atoms with Gasteiger partial charge in [-0.3, -0.25) is 4.79 Å². The second-order valence-electron chi connectivity index (χ2n) is 4.14. The summed E-state index contributed by atoms with van der Waals surface area (Å²) in [4.78, 5) is 11.0. The minimum absolute atomic E-state index is 0.0832. The second kappa shape index (κ2) is 6.26. The molecule has 0 saturated carbocycles. The first-order valence-electron chi connectivity index (χ1n) is 6.09. The van der Waals surface area contributed by atoms with Crippen LogP contribution in [0, 0.1) is 0 Å². The lowest BCUT2D eigenvalue weighted by Gasteiger charge is -2.05. The summed E-state index contributed by atoms with van der Waals surface area (Å²) in [5.74, 6) is 1.69. The van der Waals surface area contributed by atoms with E-state index in [1.54, 1.807) is 7.05 Å². The number of ether oxygens (including phenoxy) is 2. The highest BCUT2D eigenvalue weighted by molar-refractivity contribution is 5.75. The summed E-state index contributed by atoms with van der Waals surface area (Å²) in [7, 11) is 1.66. The Balaban J connectivity index is 1.69. The predicted molar refractivity (Wildman–Crippen MR) is 67.6 cm³/mol. The number of hydrogen-bond donors (Lipinski definition) is 2. The Kier molecular flexibility index (Phi) is 4.41. The van der Waals surface area contributed by atoms with Crippen LogP contribution in [0.2, 0.25) is 0 Å². The van der Waals surface area contributed by atoms with Crippen LogP contribution >= 0.6 is 0 Å². The zero-order chi connectivity index (χ0) is 12.8. The van der Waals surface area contributed by atoms with Crippen molar-refractivity contribution < 1.29 is 14.3 Å². The molecule has 1 amide bonds. The van der Waals surface area contributed by atoms with Gasteiger partial charge in [0.25, 0.3) is 0 Å². The first-order chi connectivity index (χ1) is 8.79. The van der Waals surface area contributed by atoms with Crippen LogP contribution < -0.4 is 20.1 Å². The van der Waals surface area contributed by atoms with E-state index in [4.69, 9.17) is 9.47 Å². The molecule has 1 aliphatic rings. The molecule has 0 unspecified atom stereocenters. The van der Waals surface area contributed by atoms with Gasteiger partial charge in [0, 0.05) is 20.0 Å². The van der Waals surface area contributed by atoms with Gasteiger partial charge < -0.3 is 20.1 Å². The smallest absolute Gasteiger partial charge is 0.231 e. The van der Waals surface area contributed by atoms with Crippen molar-refractivity contribution in [1.29, 1.82) is 0 Å². The van der Waals surface area contributed by atoms with Gasteiger partial charge in [-0.25, -0.2) is 0 Å². The molecule has 2 rings (SSSR count). The van der Waals surface area contributed by atoms with Crippen molar-refractivity contribution in [2.24, 2.45) is 0 Å². The molecule has 18 heavy (non-hydrogen) atoms. The topological polar surface area (TPSA) is 59.6 Å². The van der Waals surface area contributed by atoms with Crippen molar-refractivity contribution in [3.63, 3.8) is 0 Å². The summed E-state index contributed by atoms with van der Waals surface area (Å²) in [5, 5.41) is 5.90. The van der Waals surface area contributed by atoms with Crippen LogP contribution in [0.25, 0.3) is 0 Å². The fourth-order valence-electron chi connectivity index (χ4n) is 1.78. The number of hydrogen-bond acceptors (Lipinski definition) is 4. The van der Waals surface area contributed by atoms with E-state index in [-0.39, 0.29) is 5.91 Å². The van der Waals surface area contributed by atoms with Crippen molar-refractivity contribution in [2.75, 3.05) is 20.4 Å². The zero-order valence-corrected chi connectivity index (χ0v) is 10.5. The average Bonchev–Trinajstić information content (AvgIpc) is 2.85. The third-order valence-corrected chi connectivity index (χ3v) is 2.80. The number of benzene rings is 1. The molecule has 1 aromatic rings. The first-order valence-corrected chi connectivity index (χ1v) is 6.09. The number of nitrogens with one attached hydrogen (secondary N) is 2. The molecule has 5 heteroatoms. The standard InChI is InChI=1S/C13H18N2O3/c1-14-13(16)3-2-6-15-8-10-4-5-11-12(7-10)18-9-17-11/h4-5,7,15H,2-3,6,8-9H2,1H3,(H,14,16). The molecule has 2 N–H and O–H groups in total. The lowest BCUT2D eigenvalue weighted by molar-refractivity contribution is -0.120. The Bertz CT molecular complexity index is 421. The monoisotopic (exact) mass is 250 g/mol. The van der Waals surface area contributed by atoms with Crippen molar-refractivity contribution >= 4 is 5.91 Å². The molecule has 0 spiro atoms. The Morgan fingerprint density at radius 2 is 2.17 bits per heavy atom. The molecule has 0 fully saturated rings. The Morgan fingerprint density at radius 3 is 3.00 bits per heavy atom. The normalized spacial score (nSPS) is 12.5. The molecule has 0 radical (unpaired) electrons. The maximum absolute atomic E-state index is 11.0. The Labute approximate surface area is 106 Å². The van der Waals surface area contributed by atoms with Gasteiger partial charge >= 0.3 is 0 Å². The number of amides is 1. The van der Waals surface area contributed by atoms with Crippen LogP contribution in [0.3, 0.4) is 0 Å². The number of carbonyl (C=O) groups is 1. The quantitative estimate of drug-likeness (QED) is 0.740. The van der Waals surface area contributed by atoms with Gasteiger partial charge in [-0.05, 0) is 30.7 Å². The Hall–Kier alpha value is -1.75. The van der Waals surface area contributed by atoms with E-state index in [0.29, 0.717) is 13.2 Å². The van der Waals surface area contributed by atoms with Gasteiger partial charge in [0.1, 0.15) is 0 Å². The zero-order valence-electron chi connectivity index (χ0n) is 10.5. The summed E-state index contributed by atoms with van der Waals surface area (Å²) in [5.41, 5.74) is 1.15. The van der Waals surface area contributed by atoms with Crippen LogP contribution in [-0.4, -0.2) is 26.3 Å². The largest absolute Gasteiger partial charge is 0.454 e.